The van der Waals surface area contributed by atoms with Crippen LogP contribution in [0.1, 0.15) is 18.2 Å². The van der Waals surface area contributed by atoms with Crippen LogP contribution in [0.3, 0.4) is 0 Å². The van der Waals surface area contributed by atoms with Gasteiger partial charge in [-0.2, -0.15) is 0 Å². The maximum absolute atomic E-state index is 5.57. The summed E-state index contributed by atoms with van der Waals surface area (Å²) in [6.07, 6.45) is 3.14. The van der Waals surface area contributed by atoms with Gasteiger partial charge in [0.15, 0.2) is 0 Å². The molecule has 0 aromatic carbocycles. The van der Waals surface area contributed by atoms with Crippen LogP contribution in [0.4, 0.5) is 0 Å². The van der Waals surface area contributed by atoms with E-state index < -0.39 is 0 Å². The van der Waals surface area contributed by atoms with Crippen molar-refractivity contribution in [2.45, 2.75) is 13.3 Å². The summed E-state index contributed by atoms with van der Waals surface area (Å²) < 4.78 is 0. The van der Waals surface area contributed by atoms with Gasteiger partial charge in [-0.15, -0.1) is 22.9 Å². The number of thiophene rings is 1. The zero-order chi connectivity index (χ0) is 8.10. The molecule has 1 aromatic heterocycles. The van der Waals surface area contributed by atoms with Crippen molar-refractivity contribution in [2.75, 3.05) is 5.88 Å². The lowest BCUT2D eigenvalue weighted by Gasteiger charge is -1.94. The molecule has 2 heteroatoms. The molecule has 0 N–H and O–H groups in total. The third kappa shape index (κ3) is 2.68. The van der Waals surface area contributed by atoms with Crippen LogP contribution in [0.5, 0.6) is 0 Å². The summed E-state index contributed by atoms with van der Waals surface area (Å²) in [6, 6.07) is 4.20. The van der Waals surface area contributed by atoms with Gasteiger partial charge in [-0.1, -0.05) is 12.1 Å². The molecular weight excluding hydrogens is 176 g/mol. The van der Waals surface area contributed by atoms with Crippen molar-refractivity contribution in [3.63, 3.8) is 0 Å². The van der Waals surface area contributed by atoms with Crippen molar-refractivity contribution in [2.24, 2.45) is 0 Å². The Balaban J connectivity index is 2.62. The fourth-order valence-electron chi connectivity index (χ4n) is 0.875. The summed E-state index contributed by atoms with van der Waals surface area (Å²) in [6.45, 7) is 2.12. The maximum Gasteiger partial charge on any atom is 0.0296 e. The van der Waals surface area contributed by atoms with Gasteiger partial charge in [-0.25, -0.2) is 0 Å². The topological polar surface area (TPSA) is 0 Å². The monoisotopic (exact) mass is 186 g/mol. The Hall–Kier alpha value is -0.270. The second-order valence-electron chi connectivity index (χ2n) is 2.34. The van der Waals surface area contributed by atoms with Crippen molar-refractivity contribution < 1.29 is 0 Å². The Morgan fingerprint density at radius 2 is 2.55 bits per heavy atom. The molecule has 1 heterocycles. The summed E-state index contributed by atoms with van der Waals surface area (Å²) in [5.41, 5.74) is 1.33. The third-order valence-electron chi connectivity index (χ3n) is 1.47. The van der Waals surface area contributed by atoms with Crippen LogP contribution < -0.4 is 0 Å². The van der Waals surface area contributed by atoms with Crippen molar-refractivity contribution in [1.29, 1.82) is 0 Å². The van der Waals surface area contributed by atoms with E-state index in [1.807, 2.05) is 0 Å². The first-order valence-corrected chi connectivity index (χ1v) is 5.02. The Labute approximate surface area is 76.5 Å². The van der Waals surface area contributed by atoms with Crippen LogP contribution in [-0.2, 0) is 0 Å². The first-order chi connectivity index (χ1) is 5.34. The van der Waals surface area contributed by atoms with Crippen LogP contribution in [0.25, 0.3) is 5.57 Å². The molecule has 0 radical (unpaired) electrons. The standard InChI is InChI=1S/C9H11ClS/c1-8(4-2-6-10)9-5-3-7-11-9/h3-5,7H,2,6H2,1H3. The molecule has 0 fully saturated rings. The molecule has 0 bridgehead atoms. The van der Waals surface area contributed by atoms with Gasteiger partial charge < -0.3 is 0 Å². The second-order valence-corrected chi connectivity index (χ2v) is 3.67. The highest BCUT2D eigenvalue weighted by Gasteiger charge is 1.93. The second kappa shape index (κ2) is 4.58. The summed E-state index contributed by atoms with van der Waals surface area (Å²) in [5.74, 6) is 0.711. The zero-order valence-electron chi connectivity index (χ0n) is 6.51. The van der Waals surface area contributed by atoms with E-state index in [1.165, 1.54) is 10.5 Å². The Kier molecular flexibility index (Phi) is 3.67. The number of alkyl halides is 1. The van der Waals surface area contributed by atoms with Gasteiger partial charge in [0.25, 0.3) is 0 Å². The summed E-state index contributed by atoms with van der Waals surface area (Å²) in [4.78, 5) is 1.34. The minimum Gasteiger partial charge on any atom is -0.144 e. The van der Waals surface area contributed by atoms with Crippen LogP contribution in [0.2, 0.25) is 0 Å². The van der Waals surface area contributed by atoms with Crippen LogP contribution >= 0.6 is 22.9 Å². The predicted molar refractivity (Wildman–Crippen MR) is 53.3 cm³/mol. The van der Waals surface area contributed by atoms with E-state index in [4.69, 9.17) is 11.6 Å². The summed E-state index contributed by atoms with van der Waals surface area (Å²) in [7, 11) is 0. The maximum atomic E-state index is 5.57. The van der Waals surface area contributed by atoms with E-state index in [1.54, 1.807) is 11.3 Å². The predicted octanol–water partition coefficient (Wildman–Crippen LogP) is 3.78. The molecule has 0 unspecified atom stereocenters. The van der Waals surface area contributed by atoms with Crippen molar-refractivity contribution in [3.05, 3.63) is 28.5 Å². The largest absolute Gasteiger partial charge is 0.144 e. The van der Waals surface area contributed by atoms with Crippen molar-refractivity contribution >= 4 is 28.5 Å². The van der Waals surface area contributed by atoms with Crippen LogP contribution in [-0.4, -0.2) is 5.88 Å². The molecule has 0 saturated carbocycles. The van der Waals surface area contributed by atoms with Crippen molar-refractivity contribution in [1.82, 2.24) is 0 Å². The van der Waals surface area contributed by atoms with Gasteiger partial charge in [-0.05, 0) is 30.4 Å². The van der Waals surface area contributed by atoms with Crippen LogP contribution in [0, 0.1) is 0 Å². The quantitative estimate of drug-likeness (QED) is 0.631. The SMILES string of the molecule is CC(=CCCCl)c1cccs1. The minimum atomic E-state index is 0.711. The highest BCUT2D eigenvalue weighted by molar-refractivity contribution is 7.11. The van der Waals surface area contributed by atoms with E-state index in [2.05, 4.69) is 30.5 Å². The molecule has 1 rings (SSSR count). The Morgan fingerprint density at radius 3 is 3.09 bits per heavy atom. The smallest absolute Gasteiger partial charge is 0.0296 e. The first-order valence-electron chi connectivity index (χ1n) is 3.61. The molecule has 0 saturated heterocycles. The molecule has 0 nitrogen and oxygen atoms in total. The lowest BCUT2D eigenvalue weighted by molar-refractivity contribution is 1.23. The van der Waals surface area contributed by atoms with Gasteiger partial charge in [0.05, 0.1) is 0 Å². The van der Waals surface area contributed by atoms with E-state index in [9.17, 15) is 0 Å². The van der Waals surface area contributed by atoms with Gasteiger partial charge in [-0.3, -0.25) is 0 Å². The molecule has 0 aliphatic carbocycles. The van der Waals surface area contributed by atoms with Gasteiger partial charge in [0, 0.05) is 10.8 Å². The summed E-state index contributed by atoms with van der Waals surface area (Å²) >= 11 is 7.34. The number of hydrogen-bond acceptors (Lipinski definition) is 1. The lowest BCUT2D eigenvalue weighted by Crippen LogP contribution is -1.73. The minimum absolute atomic E-state index is 0.711. The number of hydrogen-bond donors (Lipinski definition) is 0. The molecule has 11 heavy (non-hydrogen) atoms. The molecule has 0 aliphatic rings. The Bertz CT molecular complexity index is 224. The fraction of sp³-hybridized carbons (Fsp3) is 0.333. The van der Waals surface area contributed by atoms with Gasteiger partial charge in [0.2, 0.25) is 0 Å². The van der Waals surface area contributed by atoms with Crippen LogP contribution in [0.15, 0.2) is 23.6 Å². The van der Waals surface area contributed by atoms with E-state index in [-0.39, 0.29) is 0 Å². The summed E-state index contributed by atoms with van der Waals surface area (Å²) in [5, 5.41) is 2.09. The highest BCUT2D eigenvalue weighted by Crippen LogP contribution is 2.19. The zero-order valence-corrected chi connectivity index (χ0v) is 8.08. The van der Waals surface area contributed by atoms with Gasteiger partial charge in [0.1, 0.15) is 0 Å². The molecule has 60 valence electrons. The van der Waals surface area contributed by atoms with Gasteiger partial charge >= 0.3 is 0 Å². The molecule has 0 amide bonds. The fourth-order valence-corrected chi connectivity index (χ4v) is 1.71. The first kappa shape index (κ1) is 8.82. The normalized spacial score (nSPS) is 12.0. The molecule has 1 aromatic rings. The lowest BCUT2D eigenvalue weighted by atomic mass is 10.2. The van der Waals surface area contributed by atoms with E-state index in [0.717, 1.165) is 6.42 Å². The number of allylic oxidation sites excluding steroid dienone is 2. The third-order valence-corrected chi connectivity index (χ3v) is 2.69. The molecule has 0 aliphatic heterocycles. The highest BCUT2D eigenvalue weighted by atomic mass is 35.5. The average Bonchev–Trinajstić information content (AvgIpc) is 2.52. The number of rotatable bonds is 3. The molecular formula is C9H11ClS. The Morgan fingerprint density at radius 1 is 1.73 bits per heavy atom. The average molecular weight is 187 g/mol. The number of halogens is 1. The molecule has 0 atom stereocenters. The van der Waals surface area contributed by atoms with E-state index in [0.29, 0.717) is 5.88 Å². The molecule has 0 spiro atoms. The van der Waals surface area contributed by atoms with E-state index >= 15 is 0 Å². The van der Waals surface area contributed by atoms with Crippen molar-refractivity contribution in [3.8, 4) is 0 Å².